The average molecular weight is 801 g/mol. The van der Waals surface area contributed by atoms with Crippen molar-refractivity contribution in [2.75, 3.05) is 4.90 Å². The molecule has 1 aliphatic carbocycles. The fourth-order valence-electron chi connectivity index (χ4n) is 11.0. The number of benzene rings is 10. The standard InChI is InChI=1S/C61H40N2/c1-4-19-41(20-5-1)46-37-35-44(39-51(46)43-23-8-3-9-24-43)62(57-32-15-11-25-47(57)42-21-6-2-7-22-42)45-36-38-54-52(40-45)48-26-10-13-29-53(48)61(54)55-30-14-17-34-59(55)63-58-33-16-12-27-49(58)50-28-18-31-56(61)60(50)63/h1-40H. The first-order chi connectivity index (χ1) is 31.3. The lowest BCUT2D eigenvalue weighted by molar-refractivity contribution is 0.748. The van der Waals surface area contributed by atoms with E-state index < -0.39 is 5.41 Å². The summed E-state index contributed by atoms with van der Waals surface area (Å²) in [7, 11) is 0. The molecule has 294 valence electrons. The molecule has 2 nitrogen and oxygen atoms in total. The van der Waals surface area contributed by atoms with E-state index in [9.17, 15) is 0 Å². The van der Waals surface area contributed by atoms with E-state index in [1.807, 2.05) is 0 Å². The van der Waals surface area contributed by atoms with Crippen molar-refractivity contribution in [3.05, 3.63) is 265 Å². The quantitative estimate of drug-likeness (QED) is 0.163. The lowest BCUT2D eigenvalue weighted by Gasteiger charge is -2.39. The van der Waals surface area contributed by atoms with Gasteiger partial charge in [-0.25, -0.2) is 0 Å². The van der Waals surface area contributed by atoms with Gasteiger partial charge in [-0.2, -0.15) is 0 Å². The molecule has 2 heterocycles. The van der Waals surface area contributed by atoms with E-state index in [2.05, 4.69) is 252 Å². The molecule has 11 aromatic rings. The molecule has 13 rings (SSSR count). The molecule has 2 aliphatic rings. The average Bonchev–Trinajstić information content (AvgIpc) is 3.85. The van der Waals surface area contributed by atoms with Gasteiger partial charge in [0.1, 0.15) is 0 Å². The monoisotopic (exact) mass is 800 g/mol. The van der Waals surface area contributed by atoms with Gasteiger partial charge >= 0.3 is 0 Å². The van der Waals surface area contributed by atoms with Crippen LogP contribution in [0.25, 0.3) is 72.0 Å². The fourth-order valence-corrected chi connectivity index (χ4v) is 11.0. The number of rotatable bonds is 6. The van der Waals surface area contributed by atoms with Crippen molar-refractivity contribution in [2.24, 2.45) is 0 Å². The van der Waals surface area contributed by atoms with Gasteiger partial charge < -0.3 is 9.47 Å². The number of nitrogens with zero attached hydrogens (tertiary/aromatic N) is 2. The van der Waals surface area contributed by atoms with Gasteiger partial charge in [0.15, 0.2) is 0 Å². The fraction of sp³-hybridized carbons (Fsp3) is 0.0164. The van der Waals surface area contributed by atoms with Crippen molar-refractivity contribution < 1.29 is 0 Å². The van der Waals surface area contributed by atoms with Crippen LogP contribution in [0.3, 0.4) is 0 Å². The minimum Gasteiger partial charge on any atom is -0.310 e. The van der Waals surface area contributed by atoms with Crippen LogP contribution in [-0.2, 0) is 5.41 Å². The number of aromatic nitrogens is 1. The van der Waals surface area contributed by atoms with Crippen molar-refractivity contribution in [2.45, 2.75) is 5.41 Å². The molecule has 0 saturated heterocycles. The molecule has 1 atom stereocenters. The van der Waals surface area contributed by atoms with Crippen molar-refractivity contribution in [1.29, 1.82) is 0 Å². The first-order valence-electron chi connectivity index (χ1n) is 21.9. The van der Waals surface area contributed by atoms with Crippen LogP contribution in [0, 0.1) is 0 Å². The Balaban J connectivity index is 1.09. The van der Waals surface area contributed by atoms with Crippen molar-refractivity contribution in [1.82, 2.24) is 4.57 Å². The Morgan fingerprint density at radius 1 is 0.317 bits per heavy atom. The Labute approximate surface area is 367 Å². The van der Waals surface area contributed by atoms with Gasteiger partial charge in [-0.3, -0.25) is 0 Å². The van der Waals surface area contributed by atoms with Gasteiger partial charge in [-0.05, 0) is 104 Å². The summed E-state index contributed by atoms with van der Waals surface area (Å²) in [5.41, 5.74) is 21.5. The SMILES string of the molecule is c1ccc(-c2ccc(N(c3ccc4c(c3)-c3ccccc3C43c4ccccc4-n4c5ccccc5c5cccc3c54)c3ccccc3-c3ccccc3)cc2-c2ccccc2)cc1. The van der Waals surface area contributed by atoms with Crippen LogP contribution in [-0.4, -0.2) is 4.57 Å². The highest BCUT2D eigenvalue weighted by Gasteiger charge is 2.51. The van der Waals surface area contributed by atoms with Crippen LogP contribution < -0.4 is 4.90 Å². The summed E-state index contributed by atoms with van der Waals surface area (Å²) in [6.07, 6.45) is 0. The maximum atomic E-state index is 2.52. The molecule has 2 heteroatoms. The summed E-state index contributed by atoms with van der Waals surface area (Å²) in [5, 5.41) is 2.57. The molecule has 1 spiro atoms. The maximum Gasteiger partial charge on any atom is 0.0754 e. The van der Waals surface area contributed by atoms with Gasteiger partial charge in [0.2, 0.25) is 0 Å². The molecular formula is C61H40N2. The number of fused-ring (bicyclic) bond motifs is 12. The molecule has 0 fully saturated rings. The van der Waals surface area contributed by atoms with Gasteiger partial charge in [-0.1, -0.05) is 200 Å². The van der Waals surface area contributed by atoms with Crippen molar-refractivity contribution in [3.63, 3.8) is 0 Å². The zero-order valence-electron chi connectivity index (χ0n) is 34.5. The highest BCUT2D eigenvalue weighted by Crippen LogP contribution is 2.62. The lowest BCUT2D eigenvalue weighted by Crippen LogP contribution is -2.33. The largest absolute Gasteiger partial charge is 0.310 e. The minimum absolute atomic E-state index is 0.518. The van der Waals surface area contributed by atoms with Gasteiger partial charge in [0, 0.05) is 27.7 Å². The van der Waals surface area contributed by atoms with Crippen molar-refractivity contribution >= 4 is 38.9 Å². The van der Waals surface area contributed by atoms with E-state index >= 15 is 0 Å². The number of hydrogen-bond acceptors (Lipinski definition) is 1. The van der Waals surface area contributed by atoms with Crippen LogP contribution >= 0.6 is 0 Å². The maximum absolute atomic E-state index is 2.52. The van der Waals surface area contributed by atoms with Crippen molar-refractivity contribution in [3.8, 4) is 50.2 Å². The Kier molecular flexibility index (Phi) is 7.85. The molecule has 1 aromatic heterocycles. The molecule has 0 amide bonds. The second-order valence-electron chi connectivity index (χ2n) is 16.8. The van der Waals surface area contributed by atoms with E-state index in [0.29, 0.717) is 0 Å². The first-order valence-corrected chi connectivity index (χ1v) is 21.9. The van der Waals surface area contributed by atoms with E-state index in [-0.39, 0.29) is 0 Å². The molecule has 1 aliphatic heterocycles. The summed E-state index contributed by atoms with van der Waals surface area (Å²) >= 11 is 0. The Bertz CT molecular complexity index is 3570. The minimum atomic E-state index is -0.518. The normalized spacial score (nSPS) is 14.4. The molecule has 0 N–H and O–H groups in total. The van der Waals surface area contributed by atoms with Crippen LogP contribution in [0.2, 0.25) is 0 Å². The molecule has 1 unspecified atom stereocenters. The third-order valence-electron chi connectivity index (χ3n) is 13.6. The molecule has 0 bridgehead atoms. The highest BCUT2D eigenvalue weighted by molar-refractivity contribution is 6.13. The summed E-state index contributed by atoms with van der Waals surface area (Å²) in [6.45, 7) is 0. The number of para-hydroxylation sites is 4. The van der Waals surface area contributed by atoms with E-state index in [1.54, 1.807) is 0 Å². The third kappa shape index (κ3) is 5.13. The first kappa shape index (κ1) is 35.5. The van der Waals surface area contributed by atoms with E-state index in [1.165, 1.54) is 94.3 Å². The summed E-state index contributed by atoms with van der Waals surface area (Å²) < 4.78 is 2.52. The molecule has 0 radical (unpaired) electrons. The predicted molar refractivity (Wildman–Crippen MR) is 263 cm³/mol. The predicted octanol–water partition coefficient (Wildman–Crippen LogP) is 15.9. The third-order valence-corrected chi connectivity index (χ3v) is 13.6. The van der Waals surface area contributed by atoms with Gasteiger partial charge in [-0.15, -0.1) is 0 Å². The van der Waals surface area contributed by atoms with Gasteiger partial charge in [0.25, 0.3) is 0 Å². The molecular weight excluding hydrogens is 761 g/mol. The number of hydrogen-bond donors (Lipinski definition) is 0. The molecule has 63 heavy (non-hydrogen) atoms. The smallest absolute Gasteiger partial charge is 0.0754 e. The van der Waals surface area contributed by atoms with Crippen LogP contribution in [0.1, 0.15) is 22.3 Å². The Hall–Kier alpha value is -8.20. The van der Waals surface area contributed by atoms with E-state index in [0.717, 1.165) is 17.1 Å². The summed E-state index contributed by atoms with van der Waals surface area (Å²) in [4.78, 5) is 2.48. The topological polar surface area (TPSA) is 8.17 Å². The zero-order chi connectivity index (χ0) is 41.5. The second-order valence-corrected chi connectivity index (χ2v) is 16.8. The number of anilines is 3. The Morgan fingerprint density at radius 3 is 1.60 bits per heavy atom. The van der Waals surface area contributed by atoms with E-state index in [4.69, 9.17) is 0 Å². The second kappa shape index (κ2) is 13.9. The summed E-state index contributed by atoms with van der Waals surface area (Å²) in [5.74, 6) is 0. The highest BCUT2D eigenvalue weighted by atomic mass is 15.1. The summed E-state index contributed by atoms with van der Waals surface area (Å²) in [6, 6.07) is 89.6. The zero-order valence-corrected chi connectivity index (χ0v) is 34.5. The van der Waals surface area contributed by atoms with Gasteiger partial charge in [0.05, 0.1) is 27.8 Å². The van der Waals surface area contributed by atoms with Crippen LogP contribution in [0.5, 0.6) is 0 Å². The Morgan fingerprint density at radius 2 is 0.841 bits per heavy atom. The van der Waals surface area contributed by atoms with Crippen LogP contribution in [0.4, 0.5) is 17.1 Å². The van der Waals surface area contributed by atoms with Crippen LogP contribution in [0.15, 0.2) is 243 Å². The molecule has 10 aromatic carbocycles. The lowest BCUT2D eigenvalue weighted by atomic mass is 9.65. The molecule has 0 saturated carbocycles.